The molecule has 1 aromatic heterocycles. The van der Waals surface area contributed by atoms with Gasteiger partial charge in [-0.15, -0.1) is 4.91 Å². The van der Waals surface area contributed by atoms with Gasteiger partial charge in [0.15, 0.2) is 0 Å². The number of benzene rings is 2. The molecule has 1 N–H and O–H groups in total. The number of para-hydroxylation sites is 1. The second-order valence-corrected chi connectivity index (χ2v) is 4.14. The lowest BCUT2D eigenvalue weighted by atomic mass is 10.1. The van der Waals surface area contributed by atoms with Crippen molar-refractivity contribution in [3.63, 3.8) is 0 Å². The number of anilines is 2. The number of rotatable bonds is 3. The van der Waals surface area contributed by atoms with E-state index in [1.165, 1.54) is 0 Å². The van der Waals surface area contributed by atoms with Gasteiger partial charge in [-0.3, -0.25) is 4.98 Å². The maximum absolute atomic E-state index is 10.8. The summed E-state index contributed by atoms with van der Waals surface area (Å²) in [7, 11) is 0. The lowest BCUT2D eigenvalue weighted by Gasteiger charge is -2.07. The Balaban J connectivity index is 2.04. The number of aromatic nitrogens is 1. The molecule has 0 atom stereocenters. The third-order valence-corrected chi connectivity index (χ3v) is 2.88. The fourth-order valence-electron chi connectivity index (χ4n) is 1.98. The molecule has 0 amide bonds. The molecule has 0 spiro atoms. The number of pyridine rings is 1. The molecule has 0 aliphatic rings. The van der Waals surface area contributed by atoms with Crippen LogP contribution in [-0.4, -0.2) is 4.98 Å². The predicted molar refractivity (Wildman–Crippen MR) is 76.9 cm³/mol. The van der Waals surface area contributed by atoms with Crippen molar-refractivity contribution < 1.29 is 0 Å². The molecule has 4 nitrogen and oxygen atoms in total. The smallest absolute Gasteiger partial charge is 0.118 e. The molecular formula is C15H11N3O. The first-order valence-electron chi connectivity index (χ1n) is 5.91. The molecule has 0 radical (unpaired) electrons. The zero-order valence-electron chi connectivity index (χ0n) is 10.1. The van der Waals surface area contributed by atoms with Gasteiger partial charge in [-0.25, -0.2) is 0 Å². The molecule has 0 saturated carbocycles. The average molecular weight is 249 g/mol. The summed E-state index contributed by atoms with van der Waals surface area (Å²) in [5.41, 5.74) is 3.06. The first-order valence-corrected chi connectivity index (χ1v) is 5.91. The number of hydrogen-bond acceptors (Lipinski definition) is 4. The topological polar surface area (TPSA) is 54.4 Å². The normalized spacial score (nSPS) is 10.3. The first kappa shape index (κ1) is 11.3. The van der Waals surface area contributed by atoms with Crippen LogP contribution in [0.4, 0.5) is 17.1 Å². The van der Waals surface area contributed by atoms with Gasteiger partial charge in [-0.2, -0.15) is 0 Å². The Morgan fingerprint density at radius 1 is 0.947 bits per heavy atom. The van der Waals surface area contributed by atoms with Crippen LogP contribution in [0, 0.1) is 4.91 Å². The summed E-state index contributed by atoms with van der Waals surface area (Å²) in [6.07, 6.45) is 1.59. The fourth-order valence-corrected chi connectivity index (χ4v) is 1.98. The van der Waals surface area contributed by atoms with Gasteiger partial charge in [0, 0.05) is 23.0 Å². The highest BCUT2D eigenvalue weighted by atomic mass is 16.3. The van der Waals surface area contributed by atoms with Crippen molar-refractivity contribution in [3.8, 4) is 0 Å². The van der Waals surface area contributed by atoms with Gasteiger partial charge in [0.1, 0.15) is 5.69 Å². The molecule has 3 aromatic rings. The van der Waals surface area contributed by atoms with Crippen molar-refractivity contribution in [2.75, 3.05) is 5.32 Å². The van der Waals surface area contributed by atoms with E-state index in [1.807, 2.05) is 48.5 Å². The first-order chi connectivity index (χ1) is 9.36. The summed E-state index contributed by atoms with van der Waals surface area (Å²) in [4.78, 5) is 15.0. The van der Waals surface area contributed by atoms with Gasteiger partial charge in [-0.1, -0.05) is 18.2 Å². The van der Waals surface area contributed by atoms with Crippen LogP contribution in [0.5, 0.6) is 0 Å². The number of nitrogens with one attached hydrogen (secondary N) is 1. The van der Waals surface area contributed by atoms with Gasteiger partial charge in [0.25, 0.3) is 0 Å². The highest BCUT2D eigenvalue weighted by molar-refractivity contribution is 5.92. The van der Waals surface area contributed by atoms with E-state index in [9.17, 15) is 4.91 Å². The lowest BCUT2D eigenvalue weighted by Crippen LogP contribution is -1.90. The van der Waals surface area contributed by atoms with E-state index < -0.39 is 0 Å². The Kier molecular flexibility index (Phi) is 2.90. The SMILES string of the molecule is O=Nc1ccnc2ccc(Nc3ccccc3)cc12. The van der Waals surface area contributed by atoms with E-state index in [0.29, 0.717) is 5.69 Å². The maximum Gasteiger partial charge on any atom is 0.118 e. The van der Waals surface area contributed by atoms with Crippen LogP contribution in [0.25, 0.3) is 10.9 Å². The Hall–Kier alpha value is -2.75. The van der Waals surface area contributed by atoms with Crippen LogP contribution >= 0.6 is 0 Å². The minimum absolute atomic E-state index is 0.404. The van der Waals surface area contributed by atoms with E-state index in [0.717, 1.165) is 22.3 Å². The molecule has 4 heteroatoms. The molecule has 0 saturated heterocycles. The van der Waals surface area contributed by atoms with E-state index in [-0.39, 0.29) is 0 Å². The minimum atomic E-state index is 0.404. The monoisotopic (exact) mass is 249 g/mol. The lowest BCUT2D eigenvalue weighted by molar-refractivity contribution is 1.39. The Morgan fingerprint density at radius 2 is 1.79 bits per heavy atom. The summed E-state index contributed by atoms with van der Waals surface area (Å²) in [6.45, 7) is 0. The highest BCUT2D eigenvalue weighted by Gasteiger charge is 2.03. The summed E-state index contributed by atoms with van der Waals surface area (Å²) < 4.78 is 0. The molecular weight excluding hydrogens is 238 g/mol. The van der Waals surface area contributed by atoms with Gasteiger partial charge < -0.3 is 5.32 Å². The number of hydrogen-bond donors (Lipinski definition) is 1. The predicted octanol–water partition coefficient (Wildman–Crippen LogP) is 4.38. The quantitative estimate of drug-likeness (QED) is 0.701. The maximum atomic E-state index is 10.8. The second-order valence-electron chi connectivity index (χ2n) is 4.14. The molecule has 0 unspecified atom stereocenters. The van der Waals surface area contributed by atoms with E-state index in [2.05, 4.69) is 15.5 Å². The Bertz CT molecular complexity index is 726. The van der Waals surface area contributed by atoms with Crippen LogP contribution in [0.2, 0.25) is 0 Å². The summed E-state index contributed by atoms with van der Waals surface area (Å²) in [5, 5.41) is 7.05. The molecule has 0 bridgehead atoms. The van der Waals surface area contributed by atoms with E-state index in [4.69, 9.17) is 0 Å². The molecule has 2 aromatic carbocycles. The van der Waals surface area contributed by atoms with E-state index in [1.54, 1.807) is 12.3 Å². The van der Waals surface area contributed by atoms with Gasteiger partial charge in [-0.05, 0) is 41.6 Å². The zero-order valence-corrected chi connectivity index (χ0v) is 10.1. The fraction of sp³-hybridized carbons (Fsp3) is 0. The zero-order chi connectivity index (χ0) is 13.1. The molecule has 1 heterocycles. The molecule has 19 heavy (non-hydrogen) atoms. The molecule has 0 fully saturated rings. The summed E-state index contributed by atoms with van der Waals surface area (Å²) >= 11 is 0. The van der Waals surface area contributed by atoms with Crippen molar-refractivity contribution in [2.24, 2.45) is 5.18 Å². The van der Waals surface area contributed by atoms with Crippen molar-refractivity contribution in [1.82, 2.24) is 4.98 Å². The summed E-state index contributed by atoms with van der Waals surface area (Å²) in [6, 6.07) is 17.1. The van der Waals surface area contributed by atoms with E-state index >= 15 is 0 Å². The van der Waals surface area contributed by atoms with Crippen LogP contribution in [0.1, 0.15) is 0 Å². The van der Waals surface area contributed by atoms with Crippen molar-refractivity contribution >= 4 is 28.0 Å². The molecule has 92 valence electrons. The average Bonchev–Trinajstić information content (AvgIpc) is 2.47. The molecule has 3 rings (SSSR count). The largest absolute Gasteiger partial charge is 0.356 e. The highest BCUT2D eigenvalue weighted by Crippen LogP contribution is 2.28. The van der Waals surface area contributed by atoms with Crippen LogP contribution in [0.15, 0.2) is 66.0 Å². The van der Waals surface area contributed by atoms with Crippen molar-refractivity contribution in [3.05, 3.63) is 65.7 Å². The van der Waals surface area contributed by atoms with Crippen molar-refractivity contribution in [1.29, 1.82) is 0 Å². The number of nitrogens with zero attached hydrogens (tertiary/aromatic N) is 2. The number of nitroso groups, excluding NO2 is 1. The third kappa shape index (κ3) is 2.28. The summed E-state index contributed by atoms with van der Waals surface area (Å²) in [5.74, 6) is 0. The Morgan fingerprint density at radius 3 is 2.58 bits per heavy atom. The van der Waals surface area contributed by atoms with Crippen molar-refractivity contribution in [2.45, 2.75) is 0 Å². The van der Waals surface area contributed by atoms with Crippen LogP contribution < -0.4 is 5.32 Å². The Labute approximate surface area is 110 Å². The third-order valence-electron chi connectivity index (χ3n) is 2.88. The van der Waals surface area contributed by atoms with Gasteiger partial charge in [0.2, 0.25) is 0 Å². The van der Waals surface area contributed by atoms with Crippen LogP contribution in [0.3, 0.4) is 0 Å². The number of fused-ring (bicyclic) bond motifs is 1. The molecule has 0 aliphatic heterocycles. The van der Waals surface area contributed by atoms with Crippen LogP contribution in [-0.2, 0) is 0 Å². The van der Waals surface area contributed by atoms with Gasteiger partial charge >= 0.3 is 0 Å². The molecule has 0 aliphatic carbocycles. The second kappa shape index (κ2) is 4.86. The van der Waals surface area contributed by atoms with Gasteiger partial charge in [0.05, 0.1) is 5.52 Å². The minimum Gasteiger partial charge on any atom is -0.356 e. The standard InChI is InChI=1S/C15H11N3O/c19-18-15-8-9-16-14-7-6-12(10-13(14)15)17-11-4-2-1-3-5-11/h1-10,17H.